The second-order valence-electron chi connectivity index (χ2n) is 7.69. The number of amides is 1. The van der Waals surface area contributed by atoms with Gasteiger partial charge in [0.15, 0.2) is 5.82 Å². The molecular weight excluding hydrogens is 402 g/mol. The lowest BCUT2D eigenvalue weighted by Crippen LogP contribution is -2.49. The Kier molecular flexibility index (Phi) is 4.88. The molecule has 0 atom stereocenters. The number of hydrogen-bond acceptors (Lipinski definition) is 6. The van der Waals surface area contributed by atoms with Crippen LogP contribution in [0.4, 0.5) is 5.95 Å². The van der Waals surface area contributed by atoms with Crippen molar-refractivity contribution in [2.75, 3.05) is 38.1 Å². The number of benzene rings is 1. The average Bonchev–Trinajstić information content (AvgIpc) is 3.11. The molecule has 4 heterocycles. The molecule has 2 aliphatic rings. The fourth-order valence-corrected chi connectivity index (χ4v) is 4.30. The van der Waals surface area contributed by atoms with Gasteiger partial charge in [0.2, 0.25) is 5.95 Å². The highest BCUT2D eigenvalue weighted by atomic mass is 35.5. The molecule has 1 aromatic carbocycles. The summed E-state index contributed by atoms with van der Waals surface area (Å²) in [5, 5.41) is 9.71. The van der Waals surface area contributed by atoms with Gasteiger partial charge in [0.1, 0.15) is 5.69 Å². The van der Waals surface area contributed by atoms with E-state index >= 15 is 0 Å². The standard InChI is InChI=1S/C21H22ClN7O/c1-26-13-15-12-16(22)5-6-18(15)29-19(14-26)24-25-21(29)28-10-8-27(9-11-28)20(30)17-4-2-3-7-23-17/h2-7,12H,8-11,13-14H2,1H3. The monoisotopic (exact) mass is 423 g/mol. The largest absolute Gasteiger partial charge is 0.337 e. The molecule has 1 amide bonds. The zero-order chi connectivity index (χ0) is 20.7. The van der Waals surface area contributed by atoms with Gasteiger partial charge in [-0.2, -0.15) is 0 Å². The summed E-state index contributed by atoms with van der Waals surface area (Å²) in [5.41, 5.74) is 2.69. The topological polar surface area (TPSA) is 70.4 Å². The van der Waals surface area contributed by atoms with Crippen LogP contribution in [0.2, 0.25) is 5.02 Å². The maximum absolute atomic E-state index is 12.7. The Labute approximate surface area is 179 Å². The number of aromatic nitrogens is 4. The first-order chi connectivity index (χ1) is 14.6. The van der Waals surface area contributed by atoms with Gasteiger partial charge >= 0.3 is 0 Å². The molecule has 0 radical (unpaired) electrons. The number of fused-ring (bicyclic) bond motifs is 3. The molecule has 2 aromatic heterocycles. The molecule has 5 rings (SSSR count). The number of carbonyl (C=O) groups excluding carboxylic acids is 1. The molecule has 0 aliphatic carbocycles. The Morgan fingerprint density at radius 3 is 2.63 bits per heavy atom. The molecule has 30 heavy (non-hydrogen) atoms. The maximum Gasteiger partial charge on any atom is 0.272 e. The van der Waals surface area contributed by atoms with Gasteiger partial charge in [-0.3, -0.25) is 19.2 Å². The van der Waals surface area contributed by atoms with Gasteiger partial charge in [0.05, 0.1) is 12.2 Å². The summed E-state index contributed by atoms with van der Waals surface area (Å²) in [7, 11) is 2.07. The zero-order valence-electron chi connectivity index (χ0n) is 16.7. The van der Waals surface area contributed by atoms with E-state index in [1.807, 2.05) is 35.2 Å². The second-order valence-corrected chi connectivity index (χ2v) is 8.13. The van der Waals surface area contributed by atoms with Crippen LogP contribution in [0.25, 0.3) is 5.69 Å². The zero-order valence-corrected chi connectivity index (χ0v) is 17.5. The van der Waals surface area contributed by atoms with Crippen molar-refractivity contribution in [3.8, 4) is 5.69 Å². The third-order valence-corrected chi connectivity index (χ3v) is 5.82. The van der Waals surface area contributed by atoms with Crippen LogP contribution in [-0.2, 0) is 13.1 Å². The number of rotatable bonds is 2. The Balaban J connectivity index is 1.40. The molecule has 0 unspecified atom stereocenters. The minimum atomic E-state index is -0.0306. The van der Waals surface area contributed by atoms with E-state index < -0.39 is 0 Å². The lowest BCUT2D eigenvalue weighted by atomic mass is 10.1. The van der Waals surface area contributed by atoms with Gasteiger partial charge < -0.3 is 9.80 Å². The van der Waals surface area contributed by atoms with Gasteiger partial charge in [-0.15, -0.1) is 10.2 Å². The second kappa shape index (κ2) is 7.70. The van der Waals surface area contributed by atoms with Crippen molar-refractivity contribution in [3.05, 3.63) is 64.7 Å². The minimum Gasteiger partial charge on any atom is -0.337 e. The van der Waals surface area contributed by atoms with E-state index in [1.54, 1.807) is 12.3 Å². The predicted octanol–water partition coefficient (Wildman–Crippen LogP) is 2.22. The van der Waals surface area contributed by atoms with Crippen LogP contribution in [-0.4, -0.2) is 68.7 Å². The van der Waals surface area contributed by atoms with Crippen LogP contribution in [0.15, 0.2) is 42.6 Å². The van der Waals surface area contributed by atoms with Crippen molar-refractivity contribution < 1.29 is 4.79 Å². The van der Waals surface area contributed by atoms with Crippen molar-refractivity contribution in [1.82, 2.24) is 29.5 Å². The summed E-state index contributed by atoms with van der Waals surface area (Å²) >= 11 is 6.25. The van der Waals surface area contributed by atoms with E-state index in [0.29, 0.717) is 38.4 Å². The molecule has 0 spiro atoms. The summed E-state index contributed by atoms with van der Waals surface area (Å²) in [6.07, 6.45) is 1.65. The van der Waals surface area contributed by atoms with E-state index in [4.69, 9.17) is 11.6 Å². The van der Waals surface area contributed by atoms with Gasteiger partial charge in [0, 0.05) is 43.9 Å². The summed E-state index contributed by atoms with van der Waals surface area (Å²) in [6.45, 7) is 4.11. The summed E-state index contributed by atoms with van der Waals surface area (Å²) < 4.78 is 2.13. The number of halogens is 1. The lowest BCUT2D eigenvalue weighted by molar-refractivity contribution is 0.0740. The van der Waals surface area contributed by atoms with Gasteiger partial charge in [-0.25, -0.2) is 0 Å². The van der Waals surface area contributed by atoms with E-state index in [2.05, 4.69) is 36.6 Å². The molecule has 0 bridgehead atoms. The Morgan fingerprint density at radius 1 is 1.03 bits per heavy atom. The number of carbonyl (C=O) groups is 1. The van der Waals surface area contributed by atoms with Crippen molar-refractivity contribution in [2.45, 2.75) is 13.1 Å². The van der Waals surface area contributed by atoms with Crippen molar-refractivity contribution >= 4 is 23.5 Å². The van der Waals surface area contributed by atoms with Crippen molar-refractivity contribution in [3.63, 3.8) is 0 Å². The molecule has 154 valence electrons. The van der Waals surface area contributed by atoms with Crippen LogP contribution >= 0.6 is 11.6 Å². The van der Waals surface area contributed by atoms with Crippen LogP contribution < -0.4 is 4.90 Å². The Morgan fingerprint density at radius 2 is 1.87 bits per heavy atom. The van der Waals surface area contributed by atoms with Crippen LogP contribution in [0.1, 0.15) is 21.9 Å². The van der Waals surface area contributed by atoms with Crippen LogP contribution in [0.5, 0.6) is 0 Å². The third-order valence-electron chi connectivity index (χ3n) is 5.58. The lowest BCUT2D eigenvalue weighted by Gasteiger charge is -2.35. The third kappa shape index (κ3) is 3.42. The molecule has 0 N–H and O–H groups in total. The molecule has 9 heteroatoms. The molecule has 8 nitrogen and oxygen atoms in total. The summed E-state index contributed by atoms with van der Waals surface area (Å²) in [6, 6.07) is 11.4. The van der Waals surface area contributed by atoms with E-state index in [9.17, 15) is 4.79 Å². The van der Waals surface area contributed by atoms with Gasteiger partial charge in [-0.1, -0.05) is 17.7 Å². The average molecular weight is 424 g/mol. The van der Waals surface area contributed by atoms with Crippen molar-refractivity contribution in [2.24, 2.45) is 0 Å². The number of nitrogens with zero attached hydrogens (tertiary/aromatic N) is 7. The van der Waals surface area contributed by atoms with Crippen LogP contribution in [0, 0.1) is 0 Å². The molecular formula is C21H22ClN7O. The first-order valence-electron chi connectivity index (χ1n) is 9.97. The fourth-order valence-electron chi connectivity index (χ4n) is 4.11. The molecule has 1 fully saturated rings. The molecule has 3 aromatic rings. The first kappa shape index (κ1) is 19.0. The summed E-state index contributed by atoms with van der Waals surface area (Å²) in [5.74, 6) is 1.69. The van der Waals surface area contributed by atoms with Crippen LogP contribution in [0.3, 0.4) is 0 Å². The minimum absolute atomic E-state index is 0.0306. The predicted molar refractivity (Wildman–Crippen MR) is 114 cm³/mol. The Bertz CT molecular complexity index is 1080. The Hall–Kier alpha value is -2.97. The highest BCUT2D eigenvalue weighted by molar-refractivity contribution is 6.30. The molecule has 0 saturated carbocycles. The smallest absolute Gasteiger partial charge is 0.272 e. The van der Waals surface area contributed by atoms with E-state index in [-0.39, 0.29) is 5.91 Å². The quantitative estimate of drug-likeness (QED) is 0.629. The first-order valence-corrected chi connectivity index (χ1v) is 10.3. The maximum atomic E-state index is 12.7. The molecule has 2 aliphatic heterocycles. The van der Waals surface area contributed by atoms with Crippen molar-refractivity contribution in [1.29, 1.82) is 0 Å². The normalized spacial score (nSPS) is 16.7. The van der Waals surface area contributed by atoms with E-state index in [1.165, 1.54) is 0 Å². The molecule has 1 saturated heterocycles. The van der Waals surface area contributed by atoms with Gasteiger partial charge in [0.25, 0.3) is 5.91 Å². The highest BCUT2D eigenvalue weighted by Gasteiger charge is 2.29. The summed E-state index contributed by atoms with van der Waals surface area (Å²) in [4.78, 5) is 23.1. The number of pyridine rings is 1. The number of piperazine rings is 1. The highest BCUT2D eigenvalue weighted by Crippen LogP contribution is 2.30. The number of anilines is 1. The SMILES string of the molecule is CN1Cc2cc(Cl)ccc2-n2c(nnc2N2CCN(C(=O)c3ccccn3)CC2)C1. The van der Waals surface area contributed by atoms with Gasteiger partial charge in [-0.05, 0) is 42.9 Å². The number of hydrogen-bond donors (Lipinski definition) is 0. The van der Waals surface area contributed by atoms with E-state index in [0.717, 1.165) is 34.6 Å². The fraction of sp³-hybridized carbons (Fsp3) is 0.333.